The number of rotatable bonds is 5. The van der Waals surface area contributed by atoms with E-state index in [1.54, 1.807) is 0 Å². The van der Waals surface area contributed by atoms with Gasteiger partial charge >= 0.3 is 0 Å². The average molecular weight is 452 g/mol. The summed E-state index contributed by atoms with van der Waals surface area (Å²) >= 11 is 5.67. The summed E-state index contributed by atoms with van der Waals surface area (Å²) < 4.78 is 0. The van der Waals surface area contributed by atoms with Gasteiger partial charge < -0.3 is 15.5 Å². The van der Waals surface area contributed by atoms with Crippen LogP contribution < -0.4 is 15.5 Å². The summed E-state index contributed by atoms with van der Waals surface area (Å²) in [6.07, 6.45) is 7.54. The van der Waals surface area contributed by atoms with Crippen molar-refractivity contribution in [3.63, 3.8) is 0 Å². The lowest BCUT2D eigenvalue weighted by Gasteiger charge is -2.38. The molecule has 0 amide bonds. The van der Waals surface area contributed by atoms with Crippen molar-refractivity contribution in [2.75, 3.05) is 29.9 Å². The van der Waals surface area contributed by atoms with Gasteiger partial charge in [0.25, 0.3) is 0 Å². The summed E-state index contributed by atoms with van der Waals surface area (Å²) in [5.74, 6) is 2.94. The number of aromatic nitrogens is 2. The molecule has 2 atom stereocenters. The summed E-state index contributed by atoms with van der Waals surface area (Å²) in [6, 6.07) is 13.0. The minimum Gasteiger partial charge on any atom is -0.361 e. The Labute approximate surface area is 198 Å². The Morgan fingerprint density at radius 1 is 1.06 bits per heavy atom. The van der Waals surface area contributed by atoms with Crippen molar-refractivity contribution in [3.05, 3.63) is 47.7 Å². The van der Waals surface area contributed by atoms with Crippen molar-refractivity contribution in [1.82, 2.24) is 15.3 Å². The first kappa shape index (κ1) is 23.0. The Balaban J connectivity index is 1.43. The number of nitrogens with zero attached hydrogens (tertiary/aromatic N) is 3. The minimum atomic E-state index is 0.143. The third-order valence-corrected chi connectivity index (χ3v) is 7.29. The third kappa shape index (κ3) is 5.58. The van der Waals surface area contributed by atoms with Crippen molar-refractivity contribution in [2.45, 2.75) is 64.7 Å². The standard InChI is InChI=1S/C26H37N5S/c1-19-14-20(2)17-31(16-19)23-15-21(3)28-24(29-23)30-25(32)27-18-26(12-8-5-9-13-26)22-10-6-4-7-11-22/h4,6-7,10-11,15,19-20H,5,8-9,12-14,16-18H2,1-3H3,(H2,27,28,29,30,32)/t19-,20-/m1/s1. The Hall–Kier alpha value is -2.21. The van der Waals surface area contributed by atoms with Crippen LogP contribution >= 0.6 is 12.2 Å². The molecule has 1 aromatic carbocycles. The van der Waals surface area contributed by atoms with Gasteiger partial charge in [0.2, 0.25) is 5.95 Å². The van der Waals surface area contributed by atoms with E-state index in [0.29, 0.717) is 22.9 Å². The molecule has 1 saturated carbocycles. The van der Waals surface area contributed by atoms with E-state index >= 15 is 0 Å². The predicted octanol–water partition coefficient (Wildman–Crippen LogP) is 5.46. The van der Waals surface area contributed by atoms with Crippen molar-refractivity contribution in [2.24, 2.45) is 11.8 Å². The molecule has 1 aromatic heterocycles. The smallest absolute Gasteiger partial charge is 0.231 e. The first-order valence-electron chi connectivity index (χ1n) is 12.1. The highest BCUT2D eigenvalue weighted by molar-refractivity contribution is 7.80. The molecule has 2 aliphatic rings. The molecule has 5 nitrogen and oxygen atoms in total. The molecular formula is C26H37N5S. The summed E-state index contributed by atoms with van der Waals surface area (Å²) in [7, 11) is 0. The molecule has 1 aliphatic carbocycles. The topological polar surface area (TPSA) is 53.1 Å². The zero-order valence-electron chi connectivity index (χ0n) is 19.7. The highest BCUT2D eigenvalue weighted by Gasteiger charge is 2.33. The molecule has 2 aromatic rings. The van der Waals surface area contributed by atoms with E-state index in [1.165, 1.54) is 44.1 Å². The fourth-order valence-electron chi connectivity index (χ4n) is 5.60. The summed E-state index contributed by atoms with van der Waals surface area (Å²) in [4.78, 5) is 11.8. The molecule has 0 unspecified atom stereocenters. The second-order valence-electron chi connectivity index (χ2n) is 10.1. The van der Waals surface area contributed by atoms with E-state index in [9.17, 15) is 0 Å². The maximum absolute atomic E-state index is 5.67. The molecule has 0 spiro atoms. The van der Waals surface area contributed by atoms with Crippen LogP contribution in [-0.2, 0) is 5.41 Å². The molecule has 2 fully saturated rings. The van der Waals surface area contributed by atoms with Crippen LogP contribution in [-0.4, -0.2) is 34.7 Å². The SMILES string of the molecule is Cc1cc(N2C[C@H](C)C[C@@H](C)C2)nc(NC(=S)NCC2(c3ccccc3)CCCCC2)n1. The fourth-order valence-corrected chi connectivity index (χ4v) is 5.77. The first-order chi connectivity index (χ1) is 15.4. The number of hydrogen-bond donors (Lipinski definition) is 2. The second-order valence-corrected chi connectivity index (χ2v) is 10.5. The molecule has 1 saturated heterocycles. The van der Waals surface area contributed by atoms with Gasteiger partial charge in [-0.25, -0.2) is 4.98 Å². The maximum Gasteiger partial charge on any atom is 0.231 e. The summed E-state index contributed by atoms with van der Waals surface area (Å²) in [5, 5.41) is 7.36. The number of hydrogen-bond acceptors (Lipinski definition) is 4. The second kappa shape index (κ2) is 10.2. The number of benzene rings is 1. The van der Waals surface area contributed by atoms with Gasteiger partial charge in [0.1, 0.15) is 5.82 Å². The Kier molecular flexibility index (Phi) is 7.29. The van der Waals surface area contributed by atoms with Crippen LogP contribution in [0.2, 0.25) is 0 Å². The molecule has 172 valence electrons. The van der Waals surface area contributed by atoms with Gasteiger partial charge in [0.15, 0.2) is 5.11 Å². The summed E-state index contributed by atoms with van der Waals surface area (Å²) in [6.45, 7) is 9.59. The fraction of sp³-hybridized carbons (Fsp3) is 0.577. The molecule has 0 bridgehead atoms. The normalized spacial score (nSPS) is 22.9. The van der Waals surface area contributed by atoms with Crippen LogP contribution in [0.1, 0.15) is 63.6 Å². The molecule has 0 radical (unpaired) electrons. The van der Waals surface area contributed by atoms with Crippen molar-refractivity contribution in [3.8, 4) is 0 Å². The van der Waals surface area contributed by atoms with Crippen molar-refractivity contribution < 1.29 is 0 Å². The minimum absolute atomic E-state index is 0.143. The van der Waals surface area contributed by atoms with E-state index in [0.717, 1.165) is 31.1 Å². The van der Waals surface area contributed by atoms with E-state index in [4.69, 9.17) is 17.2 Å². The number of thiocarbonyl (C=S) groups is 1. The molecule has 32 heavy (non-hydrogen) atoms. The lowest BCUT2D eigenvalue weighted by atomic mass is 9.69. The number of aryl methyl sites for hydroxylation is 1. The van der Waals surface area contributed by atoms with E-state index in [2.05, 4.69) is 70.8 Å². The van der Waals surface area contributed by atoms with Crippen molar-refractivity contribution >= 4 is 29.1 Å². The highest BCUT2D eigenvalue weighted by atomic mass is 32.1. The molecule has 4 rings (SSSR count). The zero-order chi connectivity index (χ0) is 22.6. The van der Waals surface area contributed by atoms with Gasteiger partial charge in [-0.05, 0) is 55.8 Å². The van der Waals surface area contributed by atoms with E-state index < -0.39 is 0 Å². The average Bonchev–Trinajstić information content (AvgIpc) is 2.78. The van der Waals surface area contributed by atoms with Crippen LogP contribution in [0, 0.1) is 18.8 Å². The van der Waals surface area contributed by atoms with E-state index in [1.807, 2.05) is 6.92 Å². The largest absolute Gasteiger partial charge is 0.361 e. The van der Waals surface area contributed by atoms with E-state index in [-0.39, 0.29) is 5.41 Å². The highest BCUT2D eigenvalue weighted by Crippen LogP contribution is 2.39. The molecule has 1 aliphatic heterocycles. The molecule has 6 heteroatoms. The van der Waals surface area contributed by atoms with Crippen molar-refractivity contribution in [1.29, 1.82) is 0 Å². The van der Waals surface area contributed by atoms with Gasteiger partial charge in [0.05, 0.1) is 0 Å². The van der Waals surface area contributed by atoms with Gasteiger partial charge in [-0.3, -0.25) is 0 Å². The molecular weight excluding hydrogens is 414 g/mol. The number of nitrogens with one attached hydrogen (secondary N) is 2. The quantitative estimate of drug-likeness (QED) is 0.589. The zero-order valence-corrected chi connectivity index (χ0v) is 20.5. The lowest BCUT2D eigenvalue weighted by molar-refractivity contribution is 0.292. The Morgan fingerprint density at radius 2 is 1.75 bits per heavy atom. The van der Waals surface area contributed by atoms with Crippen LogP contribution in [0.3, 0.4) is 0 Å². The van der Waals surface area contributed by atoms with Gasteiger partial charge in [-0.2, -0.15) is 4.98 Å². The van der Waals surface area contributed by atoms with Crippen LogP contribution in [0.4, 0.5) is 11.8 Å². The third-order valence-electron chi connectivity index (χ3n) is 7.04. The number of anilines is 2. The van der Waals surface area contributed by atoms with Gasteiger partial charge in [-0.15, -0.1) is 0 Å². The van der Waals surface area contributed by atoms with Gasteiger partial charge in [-0.1, -0.05) is 63.4 Å². The molecule has 2 N–H and O–H groups in total. The Bertz CT molecular complexity index is 900. The summed E-state index contributed by atoms with van der Waals surface area (Å²) in [5.41, 5.74) is 2.51. The predicted molar refractivity (Wildman–Crippen MR) is 137 cm³/mol. The van der Waals surface area contributed by atoms with Gasteiger partial charge in [0, 0.05) is 36.8 Å². The molecule has 2 heterocycles. The number of piperidine rings is 1. The van der Waals surface area contributed by atoms with Crippen LogP contribution in [0.25, 0.3) is 0 Å². The lowest BCUT2D eigenvalue weighted by Crippen LogP contribution is -2.43. The first-order valence-corrected chi connectivity index (χ1v) is 12.6. The monoisotopic (exact) mass is 451 g/mol. The Morgan fingerprint density at radius 3 is 2.44 bits per heavy atom. The van der Waals surface area contributed by atoms with Crippen LogP contribution in [0.5, 0.6) is 0 Å². The van der Waals surface area contributed by atoms with Crippen LogP contribution in [0.15, 0.2) is 36.4 Å². The maximum atomic E-state index is 5.67.